The average Bonchev–Trinajstić information content (AvgIpc) is 2.58. The molecule has 88 valence electrons. The first-order valence-electron chi connectivity index (χ1n) is 5.39. The third-order valence-corrected chi connectivity index (χ3v) is 4.58. The monoisotopic (exact) mass is 241 g/mol. The molecule has 1 aromatic heterocycles. The van der Waals surface area contributed by atoms with Crippen LogP contribution in [-0.2, 0) is 4.79 Å². The van der Waals surface area contributed by atoms with Crippen LogP contribution in [0.1, 0.15) is 38.3 Å². The maximum Gasteiger partial charge on any atom is 0.329 e. The number of carbonyl (C=O) groups is 1. The molecule has 0 aromatic carbocycles. The maximum absolute atomic E-state index is 10.7. The SMILES string of the molecule is CC1(C)[C@H](CC(=O)O)C[C@H]1c1csc(N)[nH+]1. The third kappa shape index (κ3) is 1.80. The van der Waals surface area contributed by atoms with E-state index >= 15 is 0 Å². The number of carboxylic acids is 1. The fourth-order valence-electron chi connectivity index (χ4n) is 2.60. The average molecular weight is 241 g/mol. The van der Waals surface area contributed by atoms with E-state index in [1.54, 1.807) is 0 Å². The summed E-state index contributed by atoms with van der Waals surface area (Å²) >= 11 is 1.50. The lowest BCUT2D eigenvalue weighted by Gasteiger charge is -2.50. The first kappa shape index (κ1) is 11.4. The molecule has 16 heavy (non-hydrogen) atoms. The zero-order chi connectivity index (χ0) is 11.9. The number of H-pyrrole nitrogens is 1. The minimum atomic E-state index is -0.703. The molecule has 0 spiro atoms. The van der Waals surface area contributed by atoms with Crippen LogP contribution in [0.3, 0.4) is 0 Å². The van der Waals surface area contributed by atoms with Crippen LogP contribution >= 0.6 is 11.3 Å². The van der Waals surface area contributed by atoms with Gasteiger partial charge in [0.05, 0.1) is 0 Å². The standard InChI is InChI=1S/C11H16N2O2S/c1-11(2)6(4-9(14)15)3-7(11)8-5-16-10(12)13-8/h5-7H,3-4H2,1-2H3,(H2,12,13)(H,14,15)/p+1/t6-,7-/m0/s1. The lowest BCUT2D eigenvalue weighted by atomic mass is 9.53. The van der Waals surface area contributed by atoms with Crippen molar-refractivity contribution in [3.05, 3.63) is 11.1 Å². The van der Waals surface area contributed by atoms with E-state index in [-0.39, 0.29) is 17.8 Å². The van der Waals surface area contributed by atoms with Gasteiger partial charge < -0.3 is 5.11 Å². The minimum Gasteiger partial charge on any atom is -0.481 e. The van der Waals surface area contributed by atoms with Crippen LogP contribution < -0.4 is 10.7 Å². The number of anilines is 1. The van der Waals surface area contributed by atoms with Crippen molar-refractivity contribution in [2.24, 2.45) is 11.3 Å². The topological polar surface area (TPSA) is 77.5 Å². The molecule has 0 radical (unpaired) electrons. The molecule has 4 nitrogen and oxygen atoms in total. The highest BCUT2D eigenvalue weighted by molar-refractivity contribution is 7.13. The Hall–Kier alpha value is -1.10. The van der Waals surface area contributed by atoms with E-state index in [1.165, 1.54) is 11.3 Å². The molecule has 1 heterocycles. The molecule has 0 bridgehead atoms. The van der Waals surface area contributed by atoms with E-state index in [2.05, 4.69) is 18.8 Å². The molecular formula is C11H17N2O2S+. The lowest BCUT2D eigenvalue weighted by molar-refractivity contribution is -0.376. The molecule has 1 saturated carbocycles. The molecule has 0 amide bonds. The van der Waals surface area contributed by atoms with E-state index in [9.17, 15) is 4.79 Å². The Balaban J connectivity index is 2.09. The maximum atomic E-state index is 10.7. The highest BCUT2D eigenvalue weighted by Gasteiger charge is 2.50. The number of nitrogens with two attached hydrogens (primary N) is 1. The highest BCUT2D eigenvalue weighted by Crippen LogP contribution is 2.57. The van der Waals surface area contributed by atoms with Gasteiger partial charge in [0.1, 0.15) is 5.69 Å². The summed E-state index contributed by atoms with van der Waals surface area (Å²) in [6.45, 7) is 4.27. The minimum absolute atomic E-state index is 0.0441. The summed E-state index contributed by atoms with van der Waals surface area (Å²) in [7, 11) is 0. The normalized spacial score (nSPS) is 27.4. The number of thiazole rings is 1. The predicted molar refractivity (Wildman–Crippen MR) is 62.2 cm³/mol. The largest absolute Gasteiger partial charge is 0.481 e. The van der Waals surface area contributed by atoms with E-state index in [1.807, 2.05) is 5.38 Å². The summed E-state index contributed by atoms with van der Waals surface area (Å²) in [4.78, 5) is 13.9. The molecule has 4 N–H and O–H groups in total. The van der Waals surface area contributed by atoms with Crippen molar-refractivity contribution >= 4 is 22.4 Å². The van der Waals surface area contributed by atoms with Crippen LogP contribution in [0, 0.1) is 11.3 Å². The number of nitrogen functional groups attached to an aromatic ring is 1. The molecule has 0 unspecified atom stereocenters. The van der Waals surface area contributed by atoms with Crippen LogP contribution in [0.5, 0.6) is 0 Å². The summed E-state index contributed by atoms with van der Waals surface area (Å²) in [5.74, 6) is -0.0275. The first-order chi connectivity index (χ1) is 7.41. The molecule has 2 atom stereocenters. The van der Waals surface area contributed by atoms with Crippen LogP contribution in [-0.4, -0.2) is 11.1 Å². The van der Waals surface area contributed by atoms with Crippen molar-refractivity contribution in [2.75, 3.05) is 5.73 Å². The van der Waals surface area contributed by atoms with Gasteiger partial charge in [-0.25, -0.2) is 4.98 Å². The van der Waals surface area contributed by atoms with Gasteiger partial charge in [0.25, 0.3) is 0 Å². The molecule has 1 aromatic rings. The Labute approximate surface area is 98.5 Å². The van der Waals surface area contributed by atoms with Crippen LogP contribution in [0.25, 0.3) is 0 Å². The fraction of sp³-hybridized carbons (Fsp3) is 0.636. The second kappa shape index (κ2) is 3.73. The van der Waals surface area contributed by atoms with Gasteiger partial charge in [0.15, 0.2) is 0 Å². The Morgan fingerprint density at radius 2 is 2.44 bits per heavy atom. The quantitative estimate of drug-likeness (QED) is 0.846. The molecule has 2 rings (SSSR count). The van der Waals surface area contributed by atoms with Gasteiger partial charge in [-0.1, -0.05) is 25.2 Å². The Morgan fingerprint density at radius 1 is 1.75 bits per heavy atom. The first-order valence-corrected chi connectivity index (χ1v) is 6.27. The molecule has 0 aliphatic heterocycles. The van der Waals surface area contributed by atoms with Gasteiger partial charge in [-0.3, -0.25) is 10.5 Å². The number of aromatic amines is 1. The Morgan fingerprint density at radius 3 is 2.88 bits per heavy atom. The van der Waals surface area contributed by atoms with E-state index in [0.29, 0.717) is 11.0 Å². The number of rotatable bonds is 3. The number of hydrogen-bond acceptors (Lipinski definition) is 3. The van der Waals surface area contributed by atoms with E-state index in [4.69, 9.17) is 10.8 Å². The number of aromatic nitrogens is 1. The van der Waals surface area contributed by atoms with Crippen LogP contribution in [0.4, 0.5) is 5.13 Å². The molecule has 0 saturated heterocycles. The summed E-state index contributed by atoms with van der Waals surface area (Å²) < 4.78 is 0. The van der Waals surface area contributed by atoms with Gasteiger partial charge in [-0.2, -0.15) is 0 Å². The fourth-order valence-corrected chi connectivity index (χ4v) is 3.25. The van der Waals surface area contributed by atoms with Crippen LogP contribution in [0.15, 0.2) is 5.38 Å². The third-order valence-electron chi connectivity index (χ3n) is 3.85. The van der Waals surface area contributed by atoms with Crippen molar-refractivity contribution in [2.45, 2.75) is 32.6 Å². The molecule has 1 aliphatic carbocycles. The second-order valence-corrected chi connectivity index (χ2v) is 6.00. The molecular weight excluding hydrogens is 224 g/mol. The van der Waals surface area contributed by atoms with Gasteiger partial charge in [-0.05, 0) is 17.8 Å². The number of nitrogens with one attached hydrogen (secondary N) is 1. The van der Waals surface area contributed by atoms with Crippen molar-refractivity contribution in [3.63, 3.8) is 0 Å². The number of hydrogen-bond donors (Lipinski definition) is 2. The van der Waals surface area contributed by atoms with Crippen molar-refractivity contribution < 1.29 is 14.9 Å². The van der Waals surface area contributed by atoms with Gasteiger partial charge in [0, 0.05) is 17.7 Å². The van der Waals surface area contributed by atoms with Crippen molar-refractivity contribution in [1.29, 1.82) is 0 Å². The number of carboxylic acid groups (broad SMARTS) is 1. The molecule has 1 fully saturated rings. The lowest BCUT2D eigenvalue weighted by Crippen LogP contribution is -2.45. The van der Waals surface area contributed by atoms with Gasteiger partial charge in [0.2, 0.25) is 0 Å². The van der Waals surface area contributed by atoms with Gasteiger partial charge in [-0.15, -0.1) is 0 Å². The Bertz CT molecular complexity index is 414. The number of aliphatic carboxylic acids is 1. The highest BCUT2D eigenvalue weighted by atomic mass is 32.1. The van der Waals surface area contributed by atoms with E-state index < -0.39 is 5.97 Å². The zero-order valence-electron chi connectivity index (χ0n) is 9.49. The smallest absolute Gasteiger partial charge is 0.329 e. The van der Waals surface area contributed by atoms with Gasteiger partial charge >= 0.3 is 11.1 Å². The molecule has 5 heteroatoms. The summed E-state index contributed by atoms with van der Waals surface area (Å²) in [6.07, 6.45) is 1.20. The van der Waals surface area contributed by atoms with E-state index in [0.717, 1.165) is 12.1 Å². The summed E-state index contributed by atoms with van der Waals surface area (Å²) in [5, 5.41) is 11.6. The molecule has 1 aliphatic rings. The predicted octanol–water partition coefficient (Wildman–Crippen LogP) is 1.75. The van der Waals surface area contributed by atoms with Crippen molar-refractivity contribution in [3.8, 4) is 0 Å². The Kier molecular flexibility index (Phi) is 2.66. The zero-order valence-corrected chi connectivity index (χ0v) is 10.3. The summed E-state index contributed by atoms with van der Waals surface area (Å²) in [5.41, 5.74) is 6.86. The summed E-state index contributed by atoms with van der Waals surface area (Å²) in [6, 6.07) is 0. The van der Waals surface area contributed by atoms with Crippen molar-refractivity contribution in [1.82, 2.24) is 0 Å². The van der Waals surface area contributed by atoms with Crippen LogP contribution in [0.2, 0.25) is 0 Å². The second-order valence-electron chi connectivity index (χ2n) is 5.08.